The summed E-state index contributed by atoms with van der Waals surface area (Å²) in [5.74, 6) is -0.0254. The van der Waals surface area contributed by atoms with Crippen molar-refractivity contribution in [2.45, 2.75) is 13.8 Å². The molecule has 15 heavy (non-hydrogen) atoms. The number of morpholine rings is 1. The summed E-state index contributed by atoms with van der Waals surface area (Å²) < 4.78 is 5.05. The van der Waals surface area contributed by atoms with Crippen LogP contribution in [0.2, 0.25) is 0 Å². The van der Waals surface area contributed by atoms with E-state index >= 15 is 0 Å². The van der Waals surface area contributed by atoms with Crippen LogP contribution in [-0.4, -0.2) is 36.8 Å². The van der Waals surface area contributed by atoms with Gasteiger partial charge in [-0.25, -0.2) is 0 Å². The Hall–Kier alpha value is -1.42. The van der Waals surface area contributed by atoms with Gasteiger partial charge in [-0.05, 0) is 13.8 Å². The molecule has 0 aromatic heterocycles. The molecule has 0 bridgehead atoms. The van der Waals surface area contributed by atoms with Gasteiger partial charge in [-0.1, -0.05) is 12.7 Å². The smallest absolute Gasteiger partial charge is 0.253 e. The number of allylic oxidation sites excluding steroid dienone is 3. The van der Waals surface area contributed by atoms with Crippen LogP contribution in [0.4, 0.5) is 0 Å². The molecule has 1 amide bonds. The molecule has 0 N–H and O–H groups in total. The fourth-order valence-corrected chi connectivity index (χ4v) is 1.27. The molecule has 4 heteroatoms. The molecule has 1 rings (SSSR count). The Morgan fingerprint density at radius 2 is 2.40 bits per heavy atom. The fraction of sp³-hybridized carbons (Fsp3) is 0.455. The first-order chi connectivity index (χ1) is 7.15. The van der Waals surface area contributed by atoms with Gasteiger partial charge in [0.1, 0.15) is 6.61 Å². The van der Waals surface area contributed by atoms with E-state index in [0.717, 1.165) is 11.4 Å². The lowest BCUT2D eigenvalue weighted by Crippen LogP contribution is -2.41. The molecule has 1 aliphatic rings. The minimum absolute atomic E-state index is 0.0254. The highest BCUT2D eigenvalue weighted by Crippen LogP contribution is 2.07. The van der Waals surface area contributed by atoms with Crippen LogP contribution in [0.5, 0.6) is 0 Å². The highest BCUT2D eigenvalue weighted by Gasteiger charge is 2.20. The first-order valence-corrected chi connectivity index (χ1v) is 4.89. The van der Waals surface area contributed by atoms with E-state index in [0.29, 0.717) is 13.2 Å². The number of carbonyl (C=O) groups excluding carboxylic acids is 1. The Kier molecular flexibility index (Phi) is 4.24. The number of ether oxygens (including phenoxy) is 1. The third-order valence-electron chi connectivity index (χ3n) is 2.01. The lowest BCUT2D eigenvalue weighted by molar-refractivity contribution is -0.139. The van der Waals surface area contributed by atoms with Crippen molar-refractivity contribution in [2.24, 2.45) is 4.99 Å². The molecule has 4 nitrogen and oxygen atoms in total. The fourth-order valence-electron chi connectivity index (χ4n) is 1.27. The number of rotatable bonds is 3. The monoisotopic (exact) mass is 208 g/mol. The molecule has 0 aromatic carbocycles. The van der Waals surface area contributed by atoms with Crippen molar-refractivity contribution >= 4 is 12.1 Å². The molecule has 0 saturated carbocycles. The number of carbonyl (C=O) groups is 1. The van der Waals surface area contributed by atoms with Gasteiger partial charge in [-0.15, -0.1) is 0 Å². The first kappa shape index (κ1) is 11.7. The van der Waals surface area contributed by atoms with Crippen molar-refractivity contribution in [3.05, 3.63) is 24.0 Å². The molecule has 0 atom stereocenters. The highest BCUT2D eigenvalue weighted by molar-refractivity contribution is 5.89. The lowest BCUT2D eigenvalue weighted by atomic mass is 10.3. The number of nitrogens with zero attached hydrogens (tertiary/aromatic N) is 2. The highest BCUT2D eigenvalue weighted by atomic mass is 16.5. The van der Waals surface area contributed by atoms with Crippen molar-refractivity contribution < 1.29 is 9.53 Å². The van der Waals surface area contributed by atoms with Crippen LogP contribution in [0.25, 0.3) is 0 Å². The largest absolute Gasteiger partial charge is 0.370 e. The van der Waals surface area contributed by atoms with Crippen molar-refractivity contribution in [3.8, 4) is 0 Å². The second kappa shape index (κ2) is 5.46. The second-order valence-corrected chi connectivity index (χ2v) is 3.30. The van der Waals surface area contributed by atoms with Crippen molar-refractivity contribution in [2.75, 3.05) is 19.8 Å². The molecule has 1 saturated heterocycles. The van der Waals surface area contributed by atoms with Crippen LogP contribution < -0.4 is 0 Å². The summed E-state index contributed by atoms with van der Waals surface area (Å²) >= 11 is 0. The minimum atomic E-state index is -0.0254. The van der Waals surface area contributed by atoms with E-state index in [2.05, 4.69) is 11.6 Å². The van der Waals surface area contributed by atoms with Gasteiger partial charge in [0.2, 0.25) is 0 Å². The molecule has 0 aliphatic carbocycles. The lowest BCUT2D eigenvalue weighted by Gasteiger charge is -2.27. The average molecular weight is 208 g/mol. The van der Waals surface area contributed by atoms with Crippen LogP contribution in [-0.2, 0) is 9.53 Å². The van der Waals surface area contributed by atoms with E-state index in [-0.39, 0.29) is 12.5 Å². The standard InChI is InChI=1S/C11H16N2O2/c1-4-10(7-12-9(2)3)13-5-6-15-8-11(13)14/h4,7H,2,5-6,8H2,1,3H3/b10-4+,12-7?. The summed E-state index contributed by atoms with van der Waals surface area (Å²) in [6.45, 7) is 8.67. The summed E-state index contributed by atoms with van der Waals surface area (Å²) in [6, 6.07) is 0. The third-order valence-corrected chi connectivity index (χ3v) is 2.01. The van der Waals surface area contributed by atoms with Gasteiger partial charge in [0.15, 0.2) is 0 Å². The van der Waals surface area contributed by atoms with Crippen molar-refractivity contribution in [3.63, 3.8) is 0 Å². The molecular weight excluding hydrogens is 192 g/mol. The number of aliphatic imine (C=N–C) groups is 1. The van der Waals surface area contributed by atoms with Crippen LogP contribution in [0.15, 0.2) is 29.0 Å². The molecule has 0 spiro atoms. The van der Waals surface area contributed by atoms with Crippen LogP contribution in [0.3, 0.4) is 0 Å². The molecule has 1 heterocycles. The summed E-state index contributed by atoms with van der Waals surface area (Å²) in [5.41, 5.74) is 1.52. The maximum Gasteiger partial charge on any atom is 0.253 e. The zero-order valence-corrected chi connectivity index (χ0v) is 9.19. The summed E-state index contributed by atoms with van der Waals surface area (Å²) in [5, 5.41) is 0. The maximum atomic E-state index is 11.5. The Morgan fingerprint density at radius 3 is 2.93 bits per heavy atom. The predicted octanol–water partition coefficient (Wildman–Crippen LogP) is 1.35. The summed E-state index contributed by atoms with van der Waals surface area (Å²) in [4.78, 5) is 17.3. The second-order valence-electron chi connectivity index (χ2n) is 3.30. The van der Waals surface area contributed by atoms with E-state index < -0.39 is 0 Å². The molecular formula is C11H16N2O2. The van der Waals surface area contributed by atoms with Gasteiger partial charge in [0.05, 0.1) is 18.5 Å². The summed E-state index contributed by atoms with van der Waals surface area (Å²) in [6.07, 6.45) is 3.52. The van der Waals surface area contributed by atoms with Crippen LogP contribution in [0, 0.1) is 0 Å². The summed E-state index contributed by atoms with van der Waals surface area (Å²) in [7, 11) is 0. The zero-order valence-electron chi connectivity index (χ0n) is 9.19. The first-order valence-electron chi connectivity index (χ1n) is 4.89. The molecule has 1 aliphatic heterocycles. The van der Waals surface area contributed by atoms with E-state index in [1.807, 2.05) is 19.9 Å². The Bertz CT molecular complexity index is 319. The van der Waals surface area contributed by atoms with Crippen molar-refractivity contribution in [1.29, 1.82) is 0 Å². The van der Waals surface area contributed by atoms with Crippen LogP contribution >= 0.6 is 0 Å². The Morgan fingerprint density at radius 1 is 1.67 bits per heavy atom. The SMILES string of the molecule is C=C(C)N=C/C(=C\C)N1CCOCC1=O. The van der Waals surface area contributed by atoms with Gasteiger partial charge in [0.25, 0.3) is 5.91 Å². The van der Waals surface area contributed by atoms with E-state index in [4.69, 9.17) is 4.74 Å². The number of amides is 1. The zero-order chi connectivity index (χ0) is 11.3. The third kappa shape index (κ3) is 3.32. The van der Waals surface area contributed by atoms with Gasteiger partial charge in [-0.3, -0.25) is 9.79 Å². The topological polar surface area (TPSA) is 41.9 Å². The van der Waals surface area contributed by atoms with E-state index in [1.54, 1.807) is 11.1 Å². The predicted molar refractivity (Wildman–Crippen MR) is 59.6 cm³/mol. The molecule has 0 aromatic rings. The molecule has 1 fully saturated rings. The quantitative estimate of drug-likeness (QED) is 0.657. The van der Waals surface area contributed by atoms with Gasteiger partial charge < -0.3 is 9.64 Å². The Balaban J connectivity index is 2.74. The molecule has 0 radical (unpaired) electrons. The Labute approximate surface area is 89.9 Å². The average Bonchev–Trinajstić information content (AvgIpc) is 2.21. The molecule has 0 unspecified atom stereocenters. The van der Waals surface area contributed by atoms with E-state index in [1.165, 1.54) is 0 Å². The molecule has 82 valence electrons. The van der Waals surface area contributed by atoms with Gasteiger partial charge >= 0.3 is 0 Å². The van der Waals surface area contributed by atoms with Crippen LogP contribution in [0.1, 0.15) is 13.8 Å². The van der Waals surface area contributed by atoms with Gasteiger partial charge in [0, 0.05) is 12.2 Å². The number of hydrogen-bond acceptors (Lipinski definition) is 3. The normalized spacial score (nSPS) is 18.7. The van der Waals surface area contributed by atoms with Gasteiger partial charge in [-0.2, -0.15) is 0 Å². The minimum Gasteiger partial charge on any atom is -0.370 e. The number of hydrogen-bond donors (Lipinski definition) is 0. The van der Waals surface area contributed by atoms with E-state index in [9.17, 15) is 4.79 Å². The maximum absolute atomic E-state index is 11.5. The van der Waals surface area contributed by atoms with Crippen molar-refractivity contribution in [1.82, 2.24) is 4.90 Å².